The quantitative estimate of drug-likeness (QED) is 0.725. The average molecular weight is 282 g/mol. The van der Waals surface area contributed by atoms with Gasteiger partial charge in [-0.15, -0.1) is 0 Å². The van der Waals surface area contributed by atoms with E-state index in [-0.39, 0.29) is 18.0 Å². The number of aliphatic carboxylic acids is 1. The van der Waals surface area contributed by atoms with Crippen molar-refractivity contribution in [1.82, 2.24) is 10.6 Å². The highest BCUT2D eigenvalue weighted by Crippen LogP contribution is 2.39. The molecule has 1 atom stereocenters. The first-order chi connectivity index (χ1) is 9.45. The van der Waals surface area contributed by atoms with E-state index in [1.54, 1.807) is 6.92 Å². The van der Waals surface area contributed by atoms with E-state index in [0.717, 1.165) is 44.4 Å². The van der Waals surface area contributed by atoms with Crippen LogP contribution in [-0.4, -0.2) is 28.7 Å². The van der Waals surface area contributed by atoms with Gasteiger partial charge in [0.15, 0.2) is 0 Å². The number of urea groups is 1. The minimum absolute atomic E-state index is 0.0709. The molecule has 0 saturated heterocycles. The molecule has 1 unspecified atom stereocenters. The molecule has 5 nitrogen and oxygen atoms in total. The van der Waals surface area contributed by atoms with Crippen LogP contribution in [0, 0.1) is 11.8 Å². The molecule has 114 valence electrons. The maximum absolute atomic E-state index is 12.0. The predicted octanol–water partition coefficient (Wildman–Crippen LogP) is 2.51. The van der Waals surface area contributed by atoms with E-state index in [4.69, 9.17) is 0 Å². The summed E-state index contributed by atoms with van der Waals surface area (Å²) in [5.74, 6) is -0.0849. The minimum atomic E-state index is -1.12. The average Bonchev–Trinajstić information content (AvgIpc) is 3.23. The van der Waals surface area contributed by atoms with Crippen molar-refractivity contribution < 1.29 is 14.7 Å². The fourth-order valence-electron chi connectivity index (χ4n) is 3.16. The lowest BCUT2D eigenvalue weighted by Crippen LogP contribution is -2.58. The monoisotopic (exact) mass is 282 g/mol. The predicted molar refractivity (Wildman–Crippen MR) is 76.5 cm³/mol. The Morgan fingerprint density at radius 1 is 1.15 bits per heavy atom. The van der Waals surface area contributed by atoms with Crippen molar-refractivity contribution in [2.24, 2.45) is 11.8 Å². The van der Waals surface area contributed by atoms with Gasteiger partial charge >= 0.3 is 12.0 Å². The lowest BCUT2D eigenvalue weighted by atomic mass is 9.84. The lowest BCUT2D eigenvalue weighted by Gasteiger charge is -2.31. The number of carboxylic acids is 1. The zero-order valence-corrected chi connectivity index (χ0v) is 12.4. The molecule has 0 aliphatic heterocycles. The number of carboxylic acid groups (broad SMARTS) is 1. The van der Waals surface area contributed by atoms with Crippen LogP contribution in [0.3, 0.4) is 0 Å². The van der Waals surface area contributed by atoms with E-state index in [0.29, 0.717) is 0 Å². The number of hydrogen-bond donors (Lipinski definition) is 3. The normalized spacial score (nSPS) is 29.3. The fraction of sp³-hybridized carbons (Fsp3) is 0.867. The summed E-state index contributed by atoms with van der Waals surface area (Å²) in [6, 6.07) is -0.142. The number of nitrogens with one attached hydrogen (secondary N) is 2. The molecule has 0 aromatic carbocycles. The molecule has 0 heterocycles. The second kappa shape index (κ2) is 6.02. The summed E-state index contributed by atoms with van der Waals surface area (Å²) < 4.78 is 0. The Morgan fingerprint density at radius 2 is 1.75 bits per heavy atom. The molecule has 2 fully saturated rings. The first-order valence-corrected chi connectivity index (χ1v) is 7.77. The third-order valence-corrected chi connectivity index (χ3v) is 4.97. The largest absolute Gasteiger partial charge is 0.480 e. The van der Waals surface area contributed by atoms with E-state index in [2.05, 4.69) is 17.6 Å². The zero-order chi connectivity index (χ0) is 14.8. The molecular formula is C15H26N2O3. The molecule has 3 N–H and O–H groups in total. The molecule has 0 spiro atoms. The molecule has 0 aromatic rings. The van der Waals surface area contributed by atoms with Crippen molar-refractivity contribution in [2.45, 2.75) is 70.4 Å². The first-order valence-electron chi connectivity index (χ1n) is 7.77. The Bertz CT molecular complexity index is 373. The van der Waals surface area contributed by atoms with Crippen molar-refractivity contribution >= 4 is 12.0 Å². The third-order valence-electron chi connectivity index (χ3n) is 4.97. The highest BCUT2D eigenvalue weighted by atomic mass is 16.4. The number of rotatable bonds is 5. The smallest absolute Gasteiger partial charge is 0.329 e. The molecule has 2 rings (SSSR count). The molecule has 0 bridgehead atoms. The lowest BCUT2D eigenvalue weighted by molar-refractivity contribution is -0.144. The summed E-state index contributed by atoms with van der Waals surface area (Å²) >= 11 is 0. The Kier molecular flexibility index (Phi) is 4.55. The van der Waals surface area contributed by atoms with Crippen molar-refractivity contribution in [3.05, 3.63) is 0 Å². The molecule has 2 aliphatic carbocycles. The molecule has 0 radical (unpaired) electrons. The summed E-state index contributed by atoms with van der Waals surface area (Å²) in [7, 11) is 0. The van der Waals surface area contributed by atoms with E-state index in [1.165, 1.54) is 6.42 Å². The van der Waals surface area contributed by atoms with Crippen LogP contribution in [0.2, 0.25) is 0 Å². The molecule has 2 amide bonds. The van der Waals surface area contributed by atoms with Crippen LogP contribution in [0.25, 0.3) is 0 Å². The number of hydrogen-bond acceptors (Lipinski definition) is 2. The second-order valence-electron chi connectivity index (χ2n) is 6.51. The van der Waals surface area contributed by atoms with Crippen LogP contribution in [-0.2, 0) is 4.79 Å². The number of carbonyl (C=O) groups is 2. The first kappa shape index (κ1) is 15.1. The van der Waals surface area contributed by atoms with Gasteiger partial charge in [0.05, 0.1) is 0 Å². The number of amides is 2. The highest BCUT2D eigenvalue weighted by Gasteiger charge is 2.48. The van der Waals surface area contributed by atoms with Gasteiger partial charge in [-0.3, -0.25) is 0 Å². The van der Waals surface area contributed by atoms with Gasteiger partial charge in [0.2, 0.25) is 0 Å². The van der Waals surface area contributed by atoms with E-state index in [1.807, 2.05) is 0 Å². The van der Waals surface area contributed by atoms with E-state index < -0.39 is 11.5 Å². The molecular weight excluding hydrogens is 256 g/mol. The highest BCUT2D eigenvalue weighted by molar-refractivity contribution is 5.86. The molecule has 20 heavy (non-hydrogen) atoms. The van der Waals surface area contributed by atoms with Crippen molar-refractivity contribution in [1.29, 1.82) is 0 Å². The minimum Gasteiger partial charge on any atom is -0.480 e. The SMILES string of the molecule is CCC1CCC(NC(=O)NC(C)(C(=O)O)C2CC2)CC1. The van der Waals surface area contributed by atoms with Crippen LogP contribution in [0.5, 0.6) is 0 Å². The van der Waals surface area contributed by atoms with Gasteiger partial charge in [-0.1, -0.05) is 13.3 Å². The van der Waals surface area contributed by atoms with Crippen LogP contribution in [0.15, 0.2) is 0 Å². The van der Waals surface area contributed by atoms with Gasteiger partial charge in [0.1, 0.15) is 5.54 Å². The van der Waals surface area contributed by atoms with Crippen molar-refractivity contribution in [3.63, 3.8) is 0 Å². The molecule has 2 saturated carbocycles. The molecule has 0 aromatic heterocycles. The van der Waals surface area contributed by atoms with Crippen LogP contribution < -0.4 is 10.6 Å². The van der Waals surface area contributed by atoms with Crippen LogP contribution in [0.1, 0.15) is 58.8 Å². The Morgan fingerprint density at radius 3 is 2.20 bits per heavy atom. The van der Waals surface area contributed by atoms with Gasteiger partial charge in [-0.25, -0.2) is 9.59 Å². The summed E-state index contributed by atoms with van der Waals surface area (Å²) in [4.78, 5) is 23.4. The Labute approximate surface area is 120 Å². The van der Waals surface area contributed by atoms with Gasteiger partial charge in [0, 0.05) is 6.04 Å². The summed E-state index contributed by atoms with van der Waals surface area (Å²) in [5, 5.41) is 14.9. The molecule has 2 aliphatic rings. The summed E-state index contributed by atoms with van der Waals surface area (Å²) in [5.41, 5.74) is -1.12. The number of carbonyl (C=O) groups excluding carboxylic acids is 1. The Balaban J connectivity index is 1.82. The molecule has 5 heteroatoms. The maximum atomic E-state index is 12.0. The standard InChI is InChI=1S/C15H26N2O3/c1-3-10-4-8-12(9-5-10)16-14(20)17-15(2,13(18)19)11-6-7-11/h10-12H,3-9H2,1-2H3,(H,18,19)(H2,16,17,20). The van der Waals surface area contributed by atoms with Crippen LogP contribution in [0.4, 0.5) is 4.79 Å². The maximum Gasteiger partial charge on any atom is 0.329 e. The van der Waals surface area contributed by atoms with Gasteiger partial charge in [-0.2, -0.15) is 0 Å². The van der Waals surface area contributed by atoms with Crippen molar-refractivity contribution in [2.75, 3.05) is 0 Å². The third kappa shape index (κ3) is 3.44. The van der Waals surface area contributed by atoms with E-state index in [9.17, 15) is 14.7 Å². The van der Waals surface area contributed by atoms with Gasteiger partial charge in [-0.05, 0) is 57.3 Å². The zero-order valence-electron chi connectivity index (χ0n) is 12.4. The second-order valence-corrected chi connectivity index (χ2v) is 6.51. The summed E-state index contributed by atoms with van der Waals surface area (Å²) in [6.45, 7) is 3.82. The summed E-state index contributed by atoms with van der Waals surface area (Å²) in [6.07, 6.45) is 7.27. The van der Waals surface area contributed by atoms with E-state index >= 15 is 0 Å². The van der Waals surface area contributed by atoms with Gasteiger partial charge < -0.3 is 15.7 Å². The topological polar surface area (TPSA) is 78.4 Å². The van der Waals surface area contributed by atoms with Gasteiger partial charge in [0.25, 0.3) is 0 Å². The van der Waals surface area contributed by atoms with Crippen LogP contribution >= 0.6 is 0 Å². The Hall–Kier alpha value is -1.26. The van der Waals surface area contributed by atoms with Crippen molar-refractivity contribution in [3.8, 4) is 0 Å². The fourth-order valence-corrected chi connectivity index (χ4v) is 3.16.